The lowest BCUT2D eigenvalue weighted by Crippen LogP contribution is -2.60. The van der Waals surface area contributed by atoms with Crippen molar-refractivity contribution in [2.45, 2.75) is 19.3 Å². The Labute approximate surface area is 246 Å². The average Bonchev–Trinajstić information content (AvgIpc) is 3.65. The number of fused-ring (bicyclic) bond motifs is 2. The van der Waals surface area contributed by atoms with E-state index in [0.717, 1.165) is 64.8 Å². The third-order valence-corrected chi connectivity index (χ3v) is 8.73. The first kappa shape index (κ1) is 26.0. The fourth-order valence-electron chi connectivity index (χ4n) is 5.51. The Bertz CT molecular complexity index is 1930. The van der Waals surface area contributed by atoms with Crippen LogP contribution in [0.15, 0.2) is 88.5 Å². The Kier molecular flexibility index (Phi) is 6.67. The summed E-state index contributed by atoms with van der Waals surface area (Å²) >= 11 is 1.23. The van der Waals surface area contributed by atoms with Gasteiger partial charge in [-0.2, -0.15) is 5.01 Å². The number of aromatic nitrogens is 3. The van der Waals surface area contributed by atoms with Crippen LogP contribution in [0.1, 0.15) is 24.1 Å². The summed E-state index contributed by atoms with van der Waals surface area (Å²) in [4.78, 5) is 11.8. The molecular formula is C32H28N6O3S. The molecule has 1 aliphatic heterocycles. The number of nitrogen functional groups attached to an aromatic ring is 1. The summed E-state index contributed by atoms with van der Waals surface area (Å²) < 4.78 is 10.8. The fourth-order valence-corrected chi connectivity index (χ4v) is 6.51. The van der Waals surface area contributed by atoms with Crippen LogP contribution in [0.4, 0.5) is 11.6 Å². The Morgan fingerprint density at radius 2 is 1.81 bits per heavy atom. The van der Waals surface area contributed by atoms with Crippen molar-refractivity contribution in [3.63, 3.8) is 0 Å². The molecule has 9 nitrogen and oxygen atoms in total. The molecule has 0 radical (unpaired) electrons. The Hall–Kier alpha value is -4.96. The second kappa shape index (κ2) is 10.8. The van der Waals surface area contributed by atoms with Crippen LogP contribution in [-0.2, 0) is 0 Å². The van der Waals surface area contributed by atoms with Crippen LogP contribution >= 0.6 is 11.3 Å². The van der Waals surface area contributed by atoms with Crippen LogP contribution in [-0.4, -0.2) is 36.4 Å². The zero-order chi connectivity index (χ0) is 28.6. The molecule has 210 valence electrons. The van der Waals surface area contributed by atoms with E-state index < -0.39 is 5.90 Å². The molecule has 7 rings (SSSR count). The molecule has 2 N–H and O–H groups in total. The molecule has 6 aromatic rings. The molecule has 3 aromatic carbocycles. The minimum Gasteiger partial charge on any atom is -0.857 e. The number of piperidine rings is 1. The maximum absolute atomic E-state index is 13.5. The highest BCUT2D eigenvalue weighted by atomic mass is 32.1. The van der Waals surface area contributed by atoms with Crippen molar-refractivity contribution in [2.75, 3.05) is 30.9 Å². The third-order valence-electron chi connectivity index (χ3n) is 7.64. The van der Waals surface area contributed by atoms with E-state index >= 15 is 0 Å². The van der Waals surface area contributed by atoms with Crippen molar-refractivity contribution >= 4 is 49.8 Å². The summed E-state index contributed by atoms with van der Waals surface area (Å²) in [7, 11) is 1.64. The number of nitrogens with zero attached hydrogens (tertiary/aromatic N) is 5. The van der Waals surface area contributed by atoms with E-state index in [2.05, 4.69) is 39.5 Å². The molecule has 0 aliphatic carbocycles. The number of pyridine rings is 1. The number of nitrogens with two attached hydrogens (primary N) is 1. The van der Waals surface area contributed by atoms with Crippen molar-refractivity contribution in [2.24, 2.45) is 4.99 Å². The lowest BCUT2D eigenvalue weighted by atomic mass is 9.97. The molecule has 1 fully saturated rings. The monoisotopic (exact) mass is 576 g/mol. The topological polar surface area (TPSA) is 117 Å². The zero-order valence-corrected chi connectivity index (χ0v) is 23.8. The van der Waals surface area contributed by atoms with E-state index in [1.54, 1.807) is 18.1 Å². The van der Waals surface area contributed by atoms with E-state index in [9.17, 15) is 5.11 Å². The molecule has 10 heteroatoms. The Morgan fingerprint density at radius 3 is 2.62 bits per heavy atom. The number of methoxy groups -OCH3 is 1. The van der Waals surface area contributed by atoms with Gasteiger partial charge in [-0.3, -0.25) is 4.52 Å². The maximum Gasteiger partial charge on any atom is 0.324 e. The Morgan fingerprint density at radius 1 is 1.02 bits per heavy atom. The molecule has 0 unspecified atom stereocenters. The summed E-state index contributed by atoms with van der Waals surface area (Å²) in [6.45, 7) is 1.76. The lowest BCUT2D eigenvalue weighted by molar-refractivity contribution is -0.759. The van der Waals surface area contributed by atoms with Crippen molar-refractivity contribution in [1.29, 1.82) is 0 Å². The van der Waals surface area contributed by atoms with Crippen molar-refractivity contribution < 1.29 is 19.2 Å². The summed E-state index contributed by atoms with van der Waals surface area (Å²) in [5, 5.41) is 22.5. The van der Waals surface area contributed by atoms with Crippen molar-refractivity contribution in [1.82, 2.24) is 10.3 Å². The van der Waals surface area contributed by atoms with Gasteiger partial charge in [0.15, 0.2) is 0 Å². The molecule has 0 saturated carbocycles. The van der Waals surface area contributed by atoms with Gasteiger partial charge in [-0.25, -0.2) is 9.98 Å². The van der Waals surface area contributed by atoms with Crippen LogP contribution < -0.4 is 25.4 Å². The van der Waals surface area contributed by atoms with Crippen LogP contribution in [0.2, 0.25) is 0 Å². The molecule has 3 aromatic heterocycles. The standard InChI is InChI=1S/C32H28N6O3S/c1-40-22-14-12-21(13-15-22)25-18-26(24-11-7-9-20-8-3-4-10-23(20)24)34-32-28(25)29(33)30(42-32)31(39)35-27-19-38(36-41-27)37-16-5-2-6-17-37/h3-4,7-15,18-19H,2,5-6,16-17H2,1H3,(H2-,33,35,36,39). The number of anilines is 1. The first-order valence-corrected chi connectivity index (χ1v) is 14.7. The van der Waals surface area contributed by atoms with Gasteiger partial charge in [-0.1, -0.05) is 54.6 Å². The van der Waals surface area contributed by atoms with Crippen LogP contribution in [0.25, 0.3) is 43.4 Å². The third kappa shape index (κ3) is 4.69. The van der Waals surface area contributed by atoms with Gasteiger partial charge in [0.25, 0.3) is 6.20 Å². The molecule has 42 heavy (non-hydrogen) atoms. The first-order valence-electron chi connectivity index (χ1n) is 13.8. The molecule has 0 amide bonds. The predicted octanol–water partition coefficient (Wildman–Crippen LogP) is 5.21. The van der Waals surface area contributed by atoms with E-state index in [1.807, 2.05) is 48.5 Å². The zero-order valence-electron chi connectivity index (χ0n) is 23.0. The van der Waals surface area contributed by atoms with Crippen LogP contribution in [0.3, 0.4) is 0 Å². The van der Waals surface area contributed by atoms with E-state index in [0.29, 0.717) is 20.8 Å². The molecule has 0 bridgehead atoms. The maximum atomic E-state index is 13.5. The molecule has 1 aliphatic rings. The number of hydrogen-bond acceptors (Lipinski definition) is 9. The van der Waals surface area contributed by atoms with Gasteiger partial charge in [0.2, 0.25) is 5.27 Å². The van der Waals surface area contributed by atoms with Gasteiger partial charge in [-0.15, -0.1) is 11.3 Å². The predicted molar refractivity (Wildman–Crippen MR) is 164 cm³/mol. The van der Waals surface area contributed by atoms with Gasteiger partial charge in [-0.05, 0) is 59.4 Å². The summed E-state index contributed by atoms with van der Waals surface area (Å²) in [5.74, 6) is 0.382. The quantitative estimate of drug-likeness (QED) is 0.164. The largest absolute Gasteiger partial charge is 0.857 e. The second-order valence-corrected chi connectivity index (χ2v) is 11.2. The SMILES string of the molecule is COc1ccc(-c2cc(-c3cccc4ccccc34)nc3sc(/C([O-])=N/c4c[n+](N5CCCCC5)no4)c(N)c23)cc1. The minimum absolute atomic E-state index is 0.127. The van der Waals surface area contributed by atoms with Gasteiger partial charge in [0, 0.05) is 16.8 Å². The number of ether oxygens (including phenoxy) is 1. The molecule has 0 atom stereocenters. The number of rotatable bonds is 6. The van der Waals surface area contributed by atoms with Gasteiger partial charge < -0.3 is 15.6 Å². The molecule has 0 spiro atoms. The van der Waals surface area contributed by atoms with Crippen molar-refractivity contribution in [3.8, 4) is 28.1 Å². The number of benzene rings is 3. The summed E-state index contributed by atoms with van der Waals surface area (Å²) in [6, 6.07) is 24.2. The first-order chi connectivity index (χ1) is 20.6. The normalized spacial score (nSPS) is 14.1. The second-order valence-electron chi connectivity index (χ2n) is 10.2. The smallest absolute Gasteiger partial charge is 0.324 e. The number of thiophene rings is 1. The minimum atomic E-state index is -0.496. The van der Waals surface area contributed by atoms with E-state index in [4.69, 9.17) is 20.0 Å². The average molecular weight is 577 g/mol. The van der Waals surface area contributed by atoms with Crippen LogP contribution in [0, 0.1) is 0 Å². The van der Waals surface area contributed by atoms with Gasteiger partial charge in [0.05, 0.1) is 41.2 Å². The Balaban J connectivity index is 1.36. The van der Waals surface area contributed by atoms with Crippen LogP contribution in [0.5, 0.6) is 5.75 Å². The van der Waals surface area contributed by atoms with E-state index in [-0.39, 0.29) is 5.88 Å². The highest BCUT2D eigenvalue weighted by Gasteiger charge is 2.23. The van der Waals surface area contributed by atoms with Gasteiger partial charge in [0.1, 0.15) is 10.6 Å². The van der Waals surface area contributed by atoms with E-state index in [1.165, 1.54) is 17.8 Å². The molecule has 1 saturated heterocycles. The van der Waals surface area contributed by atoms with Crippen molar-refractivity contribution in [3.05, 3.63) is 83.9 Å². The fraction of sp³-hybridized carbons (Fsp3) is 0.188. The molecular weight excluding hydrogens is 548 g/mol. The summed E-state index contributed by atoms with van der Waals surface area (Å²) in [5.41, 5.74) is 10.6. The number of hydrogen-bond donors (Lipinski definition) is 1. The van der Waals surface area contributed by atoms with Gasteiger partial charge >= 0.3 is 5.88 Å². The number of aliphatic imine (C=N–C) groups is 1. The highest BCUT2D eigenvalue weighted by molar-refractivity contribution is 7.21. The lowest BCUT2D eigenvalue weighted by Gasteiger charge is -2.17. The highest BCUT2D eigenvalue weighted by Crippen LogP contribution is 2.42. The molecule has 4 heterocycles. The summed E-state index contributed by atoms with van der Waals surface area (Å²) in [6.07, 6.45) is 5.01.